The van der Waals surface area contributed by atoms with Gasteiger partial charge in [-0.1, -0.05) is 157 Å². The normalized spacial score (nSPS) is 22.7. The van der Waals surface area contributed by atoms with Crippen molar-refractivity contribution in [2.75, 3.05) is 13.2 Å². The van der Waals surface area contributed by atoms with Crippen LogP contribution in [0.15, 0.2) is 72.9 Å². The van der Waals surface area contributed by atoms with Gasteiger partial charge in [-0.3, -0.25) is 18.6 Å². The number of esters is 2. The molecule has 0 saturated heterocycles. The summed E-state index contributed by atoms with van der Waals surface area (Å²) >= 11 is 0. The van der Waals surface area contributed by atoms with Gasteiger partial charge in [-0.15, -0.1) is 0 Å². The molecule has 6 unspecified atom stereocenters. The van der Waals surface area contributed by atoms with E-state index in [0.29, 0.717) is 19.3 Å². The Morgan fingerprint density at radius 2 is 1.02 bits per heavy atom. The van der Waals surface area contributed by atoms with Crippen LogP contribution in [0.3, 0.4) is 0 Å². The van der Waals surface area contributed by atoms with Gasteiger partial charge in [0.15, 0.2) is 6.10 Å². The maximum atomic E-state index is 12.8. The van der Waals surface area contributed by atoms with E-state index in [1.807, 2.05) is 42.5 Å². The van der Waals surface area contributed by atoms with Gasteiger partial charge in [0.05, 0.1) is 6.61 Å². The monoisotopic (exact) mass is 883 g/mol. The van der Waals surface area contributed by atoms with E-state index in [-0.39, 0.29) is 12.8 Å². The second-order valence-corrected chi connectivity index (χ2v) is 17.0. The minimum Gasteiger partial charge on any atom is -0.462 e. The lowest BCUT2D eigenvalue weighted by atomic mass is 9.85. The van der Waals surface area contributed by atoms with E-state index in [1.54, 1.807) is 0 Å². The molecule has 14 heteroatoms. The van der Waals surface area contributed by atoms with Gasteiger partial charge in [-0.25, -0.2) is 4.57 Å². The SMILES string of the molecule is CC/C=C/C=C/C=C/C=C/CCCCCCCC(=O)O[C@@H](COC(=O)CCC/C=C/C/C=C/CCCCCCCCCCC)COP(=O)(O)OC1C(O)C(O)C(O)[C@H](O)C1O. The third kappa shape index (κ3) is 29.3. The topological polar surface area (TPSA) is 210 Å². The molecule has 350 valence electrons. The molecular weight excluding hydrogens is 803 g/mol. The van der Waals surface area contributed by atoms with Crippen LogP contribution in [0.1, 0.15) is 155 Å². The lowest BCUT2D eigenvalue weighted by molar-refractivity contribution is -0.220. The van der Waals surface area contributed by atoms with Crippen molar-refractivity contribution in [3.63, 3.8) is 0 Å². The molecule has 6 N–H and O–H groups in total. The smallest absolute Gasteiger partial charge is 0.462 e. The Kier molecular flexibility index (Phi) is 33.9. The van der Waals surface area contributed by atoms with Crippen LogP contribution in [0.4, 0.5) is 0 Å². The van der Waals surface area contributed by atoms with Crippen LogP contribution in [-0.2, 0) is 32.7 Å². The number of allylic oxidation sites excluding steroid dienone is 12. The summed E-state index contributed by atoms with van der Waals surface area (Å²) in [7, 11) is -5.14. The number of rotatable bonds is 36. The van der Waals surface area contributed by atoms with Crippen molar-refractivity contribution in [3.8, 4) is 0 Å². The van der Waals surface area contributed by atoms with Crippen LogP contribution in [0.2, 0.25) is 0 Å². The minimum absolute atomic E-state index is 0.0583. The number of phosphoric acid groups is 1. The van der Waals surface area contributed by atoms with Gasteiger partial charge >= 0.3 is 19.8 Å². The van der Waals surface area contributed by atoms with Gasteiger partial charge in [0.1, 0.15) is 43.2 Å². The first-order valence-corrected chi connectivity index (χ1v) is 24.3. The molecule has 0 aromatic carbocycles. The first-order valence-electron chi connectivity index (χ1n) is 22.8. The molecule has 0 radical (unpaired) electrons. The summed E-state index contributed by atoms with van der Waals surface area (Å²) in [5.74, 6) is -1.19. The lowest BCUT2D eigenvalue weighted by Crippen LogP contribution is -2.64. The summed E-state index contributed by atoms with van der Waals surface area (Å²) in [5, 5.41) is 50.1. The Hall–Kier alpha value is -2.71. The van der Waals surface area contributed by atoms with Crippen LogP contribution in [0, 0.1) is 0 Å². The molecule has 0 aromatic heterocycles. The molecule has 0 bridgehead atoms. The molecule has 61 heavy (non-hydrogen) atoms. The molecule has 0 heterocycles. The Morgan fingerprint density at radius 1 is 0.541 bits per heavy atom. The Morgan fingerprint density at radius 3 is 1.61 bits per heavy atom. The van der Waals surface area contributed by atoms with Crippen LogP contribution in [-0.4, -0.2) is 98.3 Å². The highest BCUT2D eigenvalue weighted by molar-refractivity contribution is 7.47. The van der Waals surface area contributed by atoms with Gasteiger partial charge < -0.3 is 39.9 Å². The number of ether oxygens (including phenoxy) is 2. The summed E-state index contributed by atoms with van der Waals surface area (Å²) in [4.78, 5) is 35.6. The van der Waals surface area contributed by atoms with E-state index in [4.69, 9.17) is 18.5 Å². The average molecular weight is 883 g/mol. The van der Waals surface area contributed by atoms with Crippen LogP contribution >= 0.6 is 7.82 Å². The van der Waals surface area contributed by atoms with Crippen molar-refractivity contribution >= 4 is 19.8 Å². The van der Waals surface area contributed by atoms with Crippen molar-refractivity contribution in [3.05, 3.63) is 72.9 Å². The van der Waals surface area contributed by atoms with Crippen LogP contribution < -0.4 is 0 Å². The summed E-state index contributed by atoms with van der Waals surface area (Å²) in [6, 6.07) is 0. The average Bonchev–Trinajstić information content (AvgIpc) is 3.24. The highest BCUT2D eigenvalue weighted by Gasteiger charge is 2.51. The third-order valence-corrected chi connectivity index (χ3v) is 11.1. The molecule has 1 rings (SSSR count). The fourth-order valence-electron chi connectivity index (χ4n) is 6.45. The standard InChI is InChI=1S/C47H79O13P/c1-3-5-7-9-11-13-15-17-19-20-22-23-25-27-29-31-33-35-40(48)57-37-39(38-58-61(55,56)60-47-45(53)43(51)42(50)44(52)46(47)54)59-41(49)36-34-32-30-28-26-24-21-18-16-14-12-10-8-6-4-2/h6,8,10,12,14,16,18,21-23,27,29,39,42-47,50-54H,3-5,7,9,11,13,15,17,19-20,24-26,28,30-38H2,1-2H3,(H,55,56)/b8-6+,12-10+,16-14+,21-18+,23-22+,29-27+/t39-,42?,43-,44?,45?,46?,47?/m0/s1. The number of hydrogen-bond acceptors (Lipinski definition) is 12. The number of carbonyl (C=O) groups excluding carboxylic acids is 2. The fraction of sp³-hybridized carbons (Fsp3) is 0.702. The molecule has 0 spiro atoms. The van der Waals surface area contributed by atoms with Crippen molar-refractivity contribution in [1.29, 1.82) is 0 Å². The maximum Gasteiger partial charge on any atom is 0.472 e. The predicted octanol–water partition coefficient (Wildman–Crippen LogP) is 8.72. The van der Waals surface area contributed by atoms with Crippen LogP contribution in [0.25, 0.3) is 0 Å². The Bertz CT molecular complexity index is 1340. The molecule has 13 nitrogen and oxygen atoms in total. The molecule has 8 atom stereocenters. The molecular formula is C47H79O13P. The number of aliphatic hydroxyl groups excluding tert-OH is 5. The summed E-state index contributed by atoms with van der Waals surface area (Å²) in [6.45, 7) is 3.09. The highest BCUT2D eigenvalue weighted by Crippen LogP contribution is 2.47. The minimum atomic E-state index is -5.14. The molecule has 1 fully saturated rings. The molecule has 0 aromatic rings. The zero-order valence-corrected chi connectivity index (χ0v) is 37.8. The molecule has 1 aliphatic carbocycles. The van der Waals surface area contributed by atoms with Crippen molar-refractivity contribution < 1.29 is 63.1 Å². The van der Waals surface area contributed by atoms with Gasteiger partial charge in [-0.05, 0) is 57.8 Å². The van der Waals surface area contributed by atoms with Crippen molar-refractivity contribution in [2.24, 2.45) is 0 Å². The number of unbranched alkanes of at least 4 members (excludes halogenated alkanes) is 15. The lowest BCUT2D eigenvalue weighted by Gasteiger charge is -2.41. The predicted molar refractivity (Wildman–Crippen MR) is 239 cm³/mol. The van der Waals surface area contributed by atoms with Crippen LogP contribution in [0.5, 0.6) is 0 Å². The largest absolute Gasteiger partial charge is 0.472 e. The Labute approximate surface area is 365 Å². The maximum absolute atomic E-state index is 12.8. The number of aliphatic hydroxyl groups is 5. The Balaban J connectivity index is 2.52. The van der Waals surface area contributed by atoms with Crippen molar-refractivity contribution in [1.82, 2.24) is 0 Å². The third-order valence-electron chi connectivity index (χ3n) is 10.1. The van der Waals surface area contributed by atoms with Gasteiger partial charge in [-0.2, -0.15) is 0 Å². The van der Waals surface area contributed by atoms with Gasteiger partial charge in [0.2, 0.25) is 0 Å². The first-order chi connectivity index (χ1) is 29.4. The van der Waals surface area contributed by atoms with E-state index in [1.165, 1.54) is 57.8 Å². The highest BCUT2D eigenvalue weighted by atomic mass is 31.2. The zero-order chi connectivity index (χ0) is 45.0. The van der Waals surface area contributed by atoms with E-state index in [2.05, 4.69) is 44.2 Å². The fourth-order valence-corrected chi connectivity index (χ4v) is 7.43. The quantitative estimate of drug-likeness (QED) is 0.0115. The molecule has 0 aliphatic heterocycles. The summed E-state index contributed by atoms with van der Waals surface area (Å²) in [5.41, 5.74) is 0. The molecule has 0 amide bonds. The molecule has 1 saturated carbocycles. The summed E-state index contributed by atoms with van der Waals surface area (Å²) in [6.07, 6.45) is 32.5. The van der Waals surface area contributed by atoms with E-state index in [0.717, 1.165) is 51.4 Å². The van der Waals surface area contributed by atoms with E-state index >= 15 is 0 Å². The van der Waals surface area contributed by atoms with E-state index < -0.39 is 75.7 Å². The number of hydrogen-bond donors (Lipinski definition) is 6. The zero-order valence-electron chi connectivity index (χ0n) is 36.9. The second kappa shape index (κ2) is 36.7. The van der Waals surface area contributed by atoms with Gasteiger partial charge in [0.25, 0.3) is 0 Å². The second-order valence-electron chi connectivity index (χ2n) is 15.6. The molecule has 1 aliphatic rings. The number of carbonyl (C=O) groups is 2. The number of phosphoric ester groups is 1. The van der Waals surface area contributed by atoms with Gasteiger partial charge in [0, 0.05) is 12.8 Å². The first kappa shape index (κ1) is 56.3. The summed E-state index contributed by atoms with van der Waals surface area (Å²) < 4.78 is 33.4. The van der Waals surface area contributed by atoms with E-state index in [9.17, 15) is 44.6 Å². The van der Waals surface area contributed by atoms with Crippen molar-refractivity contribution in [2.45, 2.75) is 198 Å².